The molecule has 0 spiro atoms. The highest BCUT2D eigenvalue weighted by Gasteiger charge is 2.19. The van der Waals surface area contributed by atoms with Crippen LogP contribution in [0, 0.1) is 0 Å². The molecule has 0 heterocycles. The van der Waals surface area contributed by atoms with Gasteiger partial charge in [-0.05, 0) is 37.0 Å². The maximum Gasteiger partial charge on any atom is 0.253 e. The van der Waals surface area contributed by atoms with Crippen molar-refractivity contribution in [3.8, 4) is 0 Å². The average molecular weight is 350 g/mol. The van der Waals surface area contributed by atoms with E-state index in [9.17, 15) is 9.59 Å². The van der Waals surface area contributed by atoms with Gasteiger partial charge in [-0.2, -0.15) is 0 Å². The van der Waals surface area contributed by atoms with Crippen LogP contribution in [0.2, 0.25) is 0 Å². The number of rotatable bonds is 6. The minimum absolute atomic E-state index is 0.0771. The quantitative estimate of drug-likeness (QED) is 0.815. The van der Waals surface area contributed by atoms with E-state index in [1.807, 2.05) is 42.5 Å². The lowest BCUT2D eigenvalue weighted by atomic mass is 9.95. The number of carbonyl (C=O) groups is 2. The fraction of sp³-hybridized carbons (Fsp3) is 0.364. The molecule has 1 saturated carbocycles. The molecule has 0 bridgehead atoms. The molecule has 136 valence electrons. The maximum absolute atomic E-state index is 12.6. The minimum Gasteiger partial charge on any atom is -0.349 e. The largest absolute Gasteiger partial charge is 0.349 e. The van der Waals surface area contributed by atoms with Crippen LogP contribution in [0.4, 0.5) is 5.69 Å². The van der Waals surface area contributed by atoms with Crippen molar-refractivity contribution in [1.29, 1.82) is 0 Å². The van der Waals surface area contributed by atoms with Gasteiger partial charge in [0.15, 0.2) is 0 Å². The number of amides is 2. The van der Waals surface area contributed by atoms with Gasteiger partial charge in [-0.1, -0.05) is 61.7 Å². The van der Waals surface area contributed by atoms with Crippen LogP contribution in [0.15, 0.2) is 54.6 Å². The van der Waals surface area contributed by atoms with Crippen molar-refractivity contribution in [1.82, 2.24) is 5.32 Å². The van der Waals surface area contributed by atoms with Gasteiger partial charge in [0.2, 0.25) is 5.91 Å². The molecule has 1 fully saturated rings. The Balaban J connectivity index is 1.59. The highest BCUT2D eigenvalue weighted by molar-refractivity contribution is 6.03. The van der Waals surface area contributed by atoms with Crippen molar-refractivity contribution in [2.45, 2.75) is 51.0 Å². The Bertz CT molecular complexity index is 737. The third-order valence-corrected chi connectivity index (χ3v) is 4.87. The SMILES string of the molecule is O=C(CCc1ccccc1)Nc1ccccc1C(=O)NC1CCCCC1. The smallest absolute Gasteiger partial charge is 0.253 e. The number of nitrogens with one attached hydrogen (secondary N) is 2. The second-order valence-corrected chi connectivity index (χ2v) is 6.89. The van der Waals surface area contributed by atoms with Gasteiger partial charge in [0.25, 0.3) is 5.91 Å². The number of carbonyl (C=O) groups excluding carboxylic acids is 2. The van der Waals surface area contributed by atoms with E-state index in [-0.39, 0.29) is 17.9 Å². The molecular weight excluding hydrogens is 324 g/mol. The van der Waals surface area contributed by atoms with Gasteiger partial charge in [0.05, 0.1) is 11.3 Å². The first-order chi connectivity index (χ1) is 12.7. The molecular formula is C22H26N2O2. The zero-order valence-corrected chi connectivity index (χ0v) is 15.0. The summed E-state index contributed by atoms with van der Waals surface area (Å²) in [5.74, 6) is -0.178. The molecule has 1 aliphatic carbocycles. The predicted octanol–water partition coefficient (Wildman–Crippen LogP) is 4.32. The normalized spacial score (nSPS) is 14.6. The molecule has 2 N–H and O–H groups in total. The van der Waals surface area contributed by atoms with Crippen LogP contribution in [0.25, 0.3) is 0 Å². The van der Waals surface area contributed by atoms with Crippen molar-refractivity contribution >= 4 is 17.5 Å². The van der Waals surface area contributed by atoms with Crippen molar-refractivity contribution in [3.63, 3.8) is 0 Å². The van der Waals surface area contributed by atoms with E-state index >= 15 is 0 Å². The van der Waals surface area contributed by atoms with Crippen molar-refractivity contribution in [2.24, 2.45) is 0 Å². The summed E-state index contributed by atoms with van der Waals surface area (Å²) < 4.78 is 0. The maximum atomic E-state index is 12.6. The van der Waals surface area contributed by atoms with Crippen LogP contribution < -0.4 is 10.6 Å². The monoisotopic (exact) mass is 350 g/mol. The van der Waals surface area contributed by atoms with Gasteiger partial charge < -0.3 is 10.6 Å². The molecule has 0 aliphatic heterocycles. The van der Waals surface area contributed by atoms with Gasteiger partial charge in [-0.3, -0.25) is 9.59 Å². The standard InChI is InChI=1S/C22H26N2O2/c25-21(16-15-17-9-3-1-4-10-17)24-20-14-8-7-13-19(20)22(26)23-18-11-5-2-6-12-18/h1,3-4,7-10,13-14,18H,2,5-6,11-12,15-16H2,(H,23,26)(H,24,25). The minimum atomic E-state index is -0.101. The van der Waals surface area contributed by atoms with E-state index in [0.717, 1.165) is 18.4 Å². The highest BCUT2D eigenvalue weighted by Crippen LogP contribution is 2.20. The fourth-order valence-electron chi connectivity index (χ4n) is 3.42. The Morgan fingerprint density at radius 3 is 2.35 bits per heavy atom. The second kappa shape index (κ2) is 9.18. The van der Waals surface area contributed by atoms with Crippen LogP contribution in [-0.4, -0.2) is 17.9 Å². The summed E-state index contributed by atoms with van der Waals surface area (Å²) in [6.45, 7) is 0. The molecule has 1 aliphatic rings. The topological polar surface area (TPSA) is 58.2 Å². The van der Waals surface area contributed by atoms with E-state index in [2.05, 4.69) is 10.6 Å². The third kappa shape index (κ3) is 5.19. The molecule has 0 unspecified atom stereocenters. The Morgan fingerprint density at radius 2 is 1.58 bits per heavy atom. The third-order valence-electron chi connectivity index (χ3n) is 4.87. The number of benzene rings is 2. The summed E-state index contributed by atoms with van der Waals surface area (Å²) in [5, 5.41) is 6.02. The lowest BCUT2D eigenvalue weighted by Crippen LogP contribution is -2.36. The Labute approximate surface area is 155 Å². The van der Waals surface area contributed by atoms with E-state index in [0.29, 0.717) is 24.1 Å². The van der Waals surface area contributed by atoms with Crippen LogP contribution in [0.3, 0.4) is 0 Å². The van der Waals surface area contributed by atoms with Crippen molar-refractivity contribution in [2.75, 3.05) is 5.32 Å². The average Bonchev–Trinajstić information content (AvgIpc) is 2.68. The van der Waals surface area contributed by atoms with Gasteiger partial charge in [-0.25, -0.2) is 0 Å². The molecule has 2 amide bonds. The first-order valence-electron chi connectivity index (χ1n) is 9.46. The van der Waals surface area contributed by atoms with Crippen LogP contribution in [0.5, 0.6) is 0 Å². The molecule has 0 radical (unpaired) electrons. The lowest BCUT2D eigenvalue weighted by Gasteiger charge is -2.23. The number of hydrogen-bond acceptors (Lipinski definition) is 2. The zero-order valence-electron chi connectivity index (χ0n) is 15.0. The molecule has 2 aromatic carbocycles. The summed E-state index contributed by atoms with van der Waals surface area (Å²) in [6, 6.07) is 17.4. The van der Waals surface area contributed by atoms with E-state index in [1.165, 1.54) is 19.3 Å². The Morgan fingerprint density at radius 1 is 0.885 bits per heavy atom. The molecule has 4 nitrogen and oxygen atoms in total. The molecule has 0 atom stereocenters. The summed E-state index contributed by atoms with van der Waals surface area (Å²) in [6.07, 6.45) is 6.74. The molecule has 26 heavy (non-hydrogen) atoms. The molecule has 3 rings (SSSR count). The molecule has 4 heteroatoms. The summed E-state index contributed by atoms with van der Waals surface area (Å²) in [7, 11) is 0. The fourth-order valence-corrected chi connectivity index (χ4v) is 3.42. The van der Waals surface area contributed by atoms with E-state index < -0.39 is 0 Å². The summed E-state index contributed by atoms with van der Waals surface area (Å²) in [4.78, 5) is 24.9. The van der Waals surface area contributed by atoms with Gasteiger partial charge in [0, 0.05) is 12.5 Å². The van der Waals surface area contributed by atoms with Crippen LogP contribution in [0.1, 0.15) is 54.4 Å². The molecule has 2 aromatic rings. The lowest BCUT2D eigenvalue weighted by molar-refractivity contribution is -0.116. The van der Waals surface area contributed by atoms with Gasteiger partial charge in [0.1, 0.15) is 0 Å². The number of para-hydroxylation sites is 1. The van der Waals surface area contributed by atoms with Gasteiger partial charge in [-0.15, -0.1) is 0 Å². The van der Waals surface area contributed by atoms with E-state index in [1.54, 1.807) is 12.1 Å². The van der Waals surface area contributed by atoms with Crippen molar-refractivity contribution < 1.29 is 9.59 Å². The van der Waals surface area contributed by atoms with Crippen LogP contribution in [-0.2, 0) is 11.2 Å². The molecule has 0 saturated heterocycles. The summed E-state index contributed by atoms with van der Waals surface area (Å²) >= 11 is 0. The Kier molecular flexibility index (Phi) is 6.42. The van der Waals surface area contributed by atoms with Gasteiger partial charge >= 0.3 is 0 Å². The first-order valence-corrected chi connectivity index (χ1v) is 9.46. The second-order valence-electron chi connectivity index (χ2n) is 6.89. The first kappa shape index (κ1) is 18.2. The predicted molar refractivity (Wildman–Crippen MR) is 104 cm³/mol. The number of aryl methyl sites for hydroxylation is 1. The van der Waals surface area contributed by atoms with E-state index in [4.69, 9.17) is 0 Å². The number of anilines is 1. The summed E-state index contributed by atoms with van der Waals surface area (Å²) in [5.41, 5.74) is 2.25. The molecule has 0 aromatic heterocycles. The van der Waals surface area contributed by atoms with Crippen molar-refractivity contribution in [3.05, 3.63) is 65.7 Å². The van der Waals surface area contributed by atoms with Crippen LogP contribution >= 0.6 is 0 Å². The number of hydrogen-bond donors (Lipinski definition) is 2. The Hall–Kier alpha value is -2.62. The highest BCUT2D eigenvalue weighted by atomic mass is 16.2. The zero-order chi connectivity index (χ0) is 18.2.